The van der Waals surface area contributed by atoms with Crippen molar-refractivity contribution in [2.45, 2.75) is 6.42 Å². The SMILES string of the molecule is COc1ccccc1Cc1nnc2c(Cl)nccn12. The molecule has 0 aliphatic heterocycles. The van der Waals surface area contributed by atoms with Crippen molar-refractivity contribution in [2.75, 3.05) is 7.11 Å². The number of benzene rings is 1. The van der Waals surface area contributed by atoms with E-state index in [1.54, 1.807) is 19.5 Å². The molecule has 96 valence electrons. The van der Waals surface area contributed by atoms with Crippen molar-refractivity contribution in [3.05, 3.63) is 53.2 Å². The summed E-state index contributed by atoms with van der Waals surface area (Å²) in [5.41, 5.74) is 1.61. The molecule has 3 rings (SSSR count). The minimum absolute atomic E-state index is 0.348. The first-order chi connectivity index (χ1) is 9.29. The third-order valence-corrected chi connectivity index (χ3v) is 3.16. The van der Waals surface area contributed by atoms with Gasteiger partial charge in [-0.15, -0.1) is 10.2 Å². The first-order valence-corrected chi connectivity index (χ1v) is 6.13. The zero-order valence-corrected chi connectivity index (χ0v) is 11.0. The number of methoxy groups -OCH3 is 1. The Morgan fingerprint density at radius 3 is 2.95 bits per heavy atom. The molecule has 0 aliphatic rings. The molecule has 2 heterocycles. The standard InChI is InChI=1S/C13H11ClN4O/c1-19-10-5-3-2-4-9(10)8-11-16-17-13-12(14)15-6-7-18(11)13/h2-7H,8H2,1H3. The molecule has 0 N–H and O–H groups in total. The van der Waals surface area contributed by atoms with E-state index < -0.39 is 0 Å². The van der Waals surface area contributed by atoms with Crippen LogP contribution >= 0.6 is 11.6 Å². The molecular weight excluding hydrogens is 264 g/mol. The van der Waals surface area contributed by atoms with Crippen LogP contribution < -0.4 is 4.74 Å². The summed E-state index contributed by atoms with van der Waals surface area (Å²) in [6, 6.07) is 7.83. The molecule has 0 aliphatic carbocycles. The molecule has 0 saturated heterocycles. The highest BCUT2D eigenvalue weighted by Crippen LogP contribution is 2.21. The molecule has 0 amide bonds. The maximum Gasteiger partial charge on any atom is 0.198 e. The Bertz CT molecular complexity index is 725. The van der Waals surface area contributed by atoms with Crippen LogP contribution in [-0.2, 0) is 6.42 Å². The minimum Gasteiger partial charge on any atom is -0.496 e. The first kappa shape index (κ1) is 11.9. The Labute approximate surface area is 114 Å². The van der Waals surface area contributed by atoms with Gasteiger partial charge in [-0.05, 0) is 6.07 Å². The number of para-hydroxylation sites is 1. The summed E-state index contributed by atoms with van der Waals surface area (Å²) in [6.07, 6.45) is 4.04. The maximum absolute atomic E-state index is 5.97. The summed E-state index contributed by atoms with van der Waals surface area (Å²) in [5.74, 6) is 1.63. The van der Waals surface area contributed by atoms with Crippen LogP contribution in [0.1, 0.15) is 11.4 Å². The lowest BCUT2D eigenvalue weighted by molar-refractivity contribution is 0.410. The summed E-state index contributed by atoms with van der Waals surface area (Å²) < 4.78 is 7.17. The number of ether oxygens (including phenoxy) is 1. The van der Waals surface area contributed by atoms with E-state index in [-0.39, 0.29) is 0 Å². The van der Waals surface area contributed by atoms with Crippen molar-refractivity contribution in [2.24, 2.45) is 0 Å². The van der Waals surface area contributed by atoms with E-state index in [0.717, 1.165) is 17.1 Å². The predicted molar refractivity (Wildman–Crippen MR) is 71.6 cm³/mol. The van der Waals surface area contributed by atoms with E-state index >= 15 is 0 Å². The van der Waals surface area contributed by atoms with Gasteiger partial charge in [0, 0.05) is 24.4 Å². The zero-order valence-electron chi connectivity index (χ0n) is 10.2. The number of fused-ring (bicyclic) bond motifs is 1. The fourth-order valence-electron chi connectivity index (χ4n) is 1.98. The van der Waals surface area contributed by atoms with Crippen LogP contribution in [0, 0.1) is 0 Å². The van der Waals surface area contributed by atoms with Crippen LogP contribution in [0.5, 0.6) is 5.75 Å². The molecule has 1 aromatic carbocycles. The van der Waals surface area contributed by atoms with Gasteiger partial charge in [-0.2, -0.15) is 0 Å². The average molecular weight is 275 g/mol. The Hall–Kier alpha value is -2.14. The molecule has 0 fully saturated rings. The zero-order chi connectivity index (χ0) is 13.2. The number of hydrogen-bond acceptors (Lipinski definition) is 4. The Morgan fingerprint density at radius 1 is 1.26 bits per heavy atom. The minimum atomic E-state index is 0.348. The second-order valence-corrected chi connectivity index (χ2v) is 4.37. The molecule has 3 aromatic rings. The number of halogens is 1. The van der Waals surface area contributed by atoms with Crippen LogP contribution in [0.3, 0.4) is 0 Å². The van der Waals surface area contributed by atoms with E-state index in [9.17, 15) is 0 Å². The summed E-state index contributed by atoms with van der Waals surface area (Å²) in [4.78, 5) is 3.98. The van der Waals surface area contributed by atoms with Crippen molar-refractivity contribution in [3.8, 4) is 5.75 Å². The van der Waals surface area contributed by atoms with E-state index in [2.05, 4.69) is 15.2 Å². The van der Waals surface area contributed by atoms with Crippen molar-refractivity contribution in [1.29, 1.82) is 0 Å². The van der Waals surface area contributed by atoms with Gasteiger partial charge in [0.1, 0.15) is 11.6 Å². The van der Waals surface area contributed by atoms with Gasteiger partial charge in [0.2, 0.25) is 0 Å². The van der Waals surface area contributed by atoms with Crippen LogP contribution in [-0.4, -0.2) is 26.7 Å². The van der Waals surface area contributed by atoms with E-state index in [1.165, 1.54) is 0 Å². The summed E-state index contributed by atoms with van der Waals surface area (Å²) >= 11 is 5.97. The first-order valence-electron chi connectivity index (χ1n) is 5.75. The molecule has 0 atom stereocenters. The van der Waals surface area contributed by atoms with Crippen LogP contribution in [0.4, 0.5) is 0 Å². The van der Waals surface area contributed by atoms with Crippen LogP contribution in [0.25, 0.3) is 5.65 Å². The summed E-state index contributed by atoms with van der Waals surface area (Å²) in [6.45, 7) is 0. The fourth-order valence-corrected chi connectivity index (χ4v) is 2.17. The van der Waals surface area contributed by atoms with Gasteiger partial charge in [0.25, 0.3) is 0 Å². The van der Waals surface area contributed by atoms with Crippen molar-refractivity contribution in [1.82, 2.24) is 19.6 Å². The van der Waals surface area contributed by atoms with Crippen molar-refractivity contribution < 1.29 is 4.74 Å². The van der Waals surface area contributed by atoms with Gasteiger partial charge in [-0.1, -0.05) is 29.8 Å². The Morgan fingerprint density at radius 2 is 2.11 bits per heavy atom. The van der Waals surface area contributed by atoms with E-state index in [0.29, 0.717) is 17.2 Å². The van der Waals surface area contributed by atoms with Gasteiger partial charge < -0.3 is 4.74 Å². The molecule has 0 bridgehead atoms. The number of nitrogens with zero attached hydrogens (tertiary/aromatic N) is 4. The van der Waals surface area contributed by atoms with Gasteiger partial charge >= 0.3 is 0 Å². The highest BCUT2D eigenvalue weighted by molar-refractivity contribution is 6.32. The lowest BCUT2D eigenvalue weighted by Crippen LogP contribution is -1.99. The van der Waals surface area contributed by atoms with Gasteiger partial charge in [0.15, 0.2) is 10.8 Å². The molecule has 0 saturated carbocycles. The quantitative estimate of drug-likeness (QED) is 0.736. The number of hydrogen-bond donors (Lipinski definition) is 0. The molecule has 19 heavy (non-hydrogen) atoms. The highest BCUT2D eigenvalue weighted by atomic mass is 35.5. The predicted octanol–water partition coefficient (Wildman–Crippen LogP) is 2.38. The van der Waals surface area contributed by atoms with Crippen LogP contribution in [0.2, 0.25) is 5.15 Å². The van der Waals surface area contributed by atoms with Gasteiger partial charge in [-0.3, -0.25) is 4.40 Å². The second-order valence-electron chi connectivity index (χ2n) is 4.02. The summed E-state index contributed by atoms with van der Waals surface area (Å²) in [7, 11) is 1.65. The molecule has 0 spiro atoms. The monoisotopic (exact) mass is 274 g/mol. The summed E-state index contributed by atoms with van der Waals surface area (Å²) in [5, 5.41) is 8.56. The topological polar surface area (TPSA) is 52.3 Å². The lowest BCUT2D eigenvalue weighted by Gasteiger charge is -2.06. The Balaban J connectivity index is 2.04. The second kappa shape index (κ2) is 4.85. The number of rotatable bonds is 3. The molecule has 5 nitrogen and oxygen atoms in total. The fraction of sp³-hybridized carbons (Fsp3) is 0.154. The third kappa shape index (κ3) is 2.13. The smallest absolute Gasteiger partial charge is 0.198 e. The largest absolute Gasteiger partial charge is 0.496 e. The molecule has 0 unspecified atom stereocenters. The van der Waals surface area contributed by atoms with Gasteiger partial charge in [0.05, 0.1) is 7.11 Å². The van der Waals surface area contributed by atoms with Crippen molar-refractivity contribution in [3.63, 3.8) is 0 Å². The average Bonchev–Trinajstić information content (AvgIpc) is 2.84. The Kier molecular flexibility index (Phi) is 3.05. The van der Waals surface area contributed by atoms with Crippen LogP contribution in [0.15, 0.2) is 36.7 Å². The lowest BCUT2D eigenvalue weighted by atomic mass is 10.1. The molecular formula is C13H11ClN4O. The normalized spacial score (nSPS) is 10.8. The molecule has 6 heteroatoms. The maximum atomic E-state index is 5.97. The third-order valence-electron chi connectivity index (χ3n) is 2.90. The van der Waals surface area contributed by atoms with E-state index in [4.69, 9.17) is 16.3 Å². The molecule has 2 aromatic heterocycles. The highest BCUT2D eigenvalue weighted by Gasteiger charge is 2.11. The molecule has 0 radical (unpaired) electrons. The van der Waals surface area contributed by atoms with Crippen molar-refractivity contribution >= 4 is 17.2 Å². The number of aromatic nitrogens is 4. The van der Waals surface area contributed by atoms with E-state index in [1.807, 2.05) is 28.7 Å². The van der Waals surface area contributed by atoms with Gasteiger partial charge in [-0.25, -0.2) is 4.98 Å².